The zero-order valence-corrected chi connectivity index (χ0v) is 16.0. The lowest BCUT2D eigenvalue weighted by Crippen LogP contribution is -2.61. The van der Waals surface area contributed by atoms with Crippen LogP contribution in [0.4, 0.5) is 13.2 Å². The molecule has 9 heteroatoms. The van der Waals surface area contributed by atoms with Crippen LogP contribution in [-0.2, 0) is 15.7 Å². The summed E-state index contributed by atoms with van der Waals surface area (Å²) in [4.78, 5) is 0. The van der Waals surface area contributed by atoms with Crippen molar-refractivity contribution in [2.45, 2.75) is 44.3 Å². The predicted molar refractivity (Wildman–Crippen MR) is 95.0 cm³/mol. The van der Waals surface area contributed by atoms with Gasteiger partial charge in [0.15, 0.2) is 5.41 Å². The van der Waals surface area contributed by atoms with Gasteiger partial charge in [-0.3, -0.25) is 5.41 Å². The molecule has 1 saturated carbocycles. The largest absolute Gasteiger partial charge is 0.447 e. The number of hydrogen-bond acceptors (Lipinski definition) is 6. The van der Waals surface area contributed by atoms with Gasteiger partial charge in [0.25, 0.3) is 0 Å². The normalized spacial score (nSPS) is 36.6. The molecule has 0 aromatic heterocycles. The lowest BCUT2D eigenvalue weighted by molar-refractivity contribution is -0.299. The second-order valence-corrected chi connectivity index (χ2v) is 8.21. The zero-order valence-electron chi connectivity index (χ0n) is 16.0. The van der Waals surface area contributed by atoms with E-state index in [1.54, 1.807) is 12.1 Å². The van der Waals surface area contributed by atoms with Crippen molar-refractivity contribution in [3.8, 4) is 18.2 Å². The van der Waals surface area contributed by atoms with E-state index < -0.39 is 51.8 Å². The van der Waals surface area contributed by atoms with E-state index in [4.69, 9.17) is 14.9 Å². The van der Waals surface area contributed by atoms with E-state index in [1.807, 2.05) is 13.0 Å². The minimum absolute atomic E-state index is 0.114. The van der Waals surface area contributed by atoms with Crippen LogP contribution in [0.25, 0.3) is 0 Å². The number of nitriles is 3. The fourth-order valence-electron chi connectivity index (χ4n) is 5.29. The summed E-state index contributed by atoms with van der Waals surface area (Å²) in [6.45, 7) is 1.94. The predicted octanol–water partition coefficient (Wildman–Crippen LogP) is 4.46. The SMILES string of the molecule is CC1CCC23OC(=N)C(C#N)(C2C1)C(C#N)(C#N)C(c1ccccc1C(F)(F)F)O3. The Morgan fingerprint density at radius 1 is 1.13 bits per heavy atom. The van der Waals surface area contributed by atoms with Crippen LogP contribution in [0.2, 0.25) is 0 Å². The molecule has 2 heterocycles. The molecule has 30 heavy (non-hydrogen) atoms. The average Bonchev–Trinajstić information content (AvgIpc) is 2.91. The van der Waals surface area contributed by atoms with E-state index in [1.165, 1.54) is 12.1 Å². The molecule has 154 valence electrons. The highest BCUT2D eigenvalue weighted by Crippen LogP contribution is 2.70. The molecule has 0 amide bonds. The number of hydrogen-bond donors (Lipinski definition) is 1. The minimum Gasteiger partial charge on any atom is -0.447 e. The van der Waals surface area contributed by atoms with Crippen LogP contribution in [0.3, 0.4) is 0 Å². The van der Waals surface area contributed by atoms with Gasteiger partial charge in [0, 0.05) is 6.42 Å². The zero-order chi connectivity index (χ0) is 21.9. The molecular weight excluding hydrogens is 397 g/mol. The van der Waals surface area contributed by atoms with E-state index in [0.717, 1.165) is 12.1 Å². The fourth-order valence-corrected chi connectivity index (χ4v) is 5.29. The van der Waals surface area contributed by atoms with Gasteiger partial charge in [-0.15, -0.1) is 0 Å². The summed E-state index contributed by atoms with van der Waals surface area (Å²) in [5.41, 5.74) is -5.89. The van der Waals surface area contributed by atoms with Crippen LogP contribution in [-0.4, -0.2) is 11.7 Å². The molecule has 5 unspecified atom stereocenters. The maximum atomic E-state index is 13.7. The van der Waals surface area contributed by atoms with Gasteiger partial charge in [0.05, 0.1) is 29.7 Å². The van der Waals surface area contributed by atoms with Crippen molar-refractivity contribution in [3.05, 3.63) is 35.4 Å². The van der Waals surface area contributed by atoms with Gasteiger partial charge in [-0.1, -0.05) is 25.1 Å². The van der Waals surface area contributed by atoms with Crippen LogP contribution in [0, 0.1) is 62.1 Å². The van der Waals surface area contributed by atoms with Crippen molar-refractivity contribution in [2.75, 3.05) is 0 Å². The summed E-state index contributed by atoms with van der Waals surface area (Å²) in [6, 6.07) is 10.1. The number of benzene rings is 1. The van der Waals surface area contributed by atoms with E-state index in [9.17, 15) is 29.0 Å². The van der Waals surface area contributed by atoms with Crippen LogP contribution in [0.1, 0.15) is 43.4 Å². The molecule has 3 aliphatic rings. The van der Waals surface area contributed by atoms with E-state index in [-0.39, 0.29) is 12.3 Å². The molecule has 2 bridgehead atoms. The molecule has 4 rings (SSSR count). The minimum atomic E-state index is -4.76. The monoisotopic (exact) mass is 414 g/mol. The van der Waals surface area contributed by atoms with Crippen molar-refractivity contribution in [2.24, 2.45) is 22.7 Å². The van der Waals surface area contributed by atoms with Crippen molar-refractivity contribution in [1.82, 2.24) is 0 Å². The summed E-state index contributed by atoms with van der Waals surface area (Å²) in [6.07, 6.45) is -5.25. The lowest BCUT2D eigenvalue weighted by atomic mass is 9.50. The van der Waals surface area contributed by atoms with Crippen LogP contribution >= 0.6 is 0 Å². The molecule has 1 N–H and O–H groups in total. The van der Waals surface area contributed by atoms with Crippen LogP contribution in [0.5, 0.6) is 0 Å². The highest BCUT2D eigenvalue weighted by atomic mass is 19.4. The topological polar surface area (TPSA) is 114 Å². The Bertz CT molecular complexity index is 1040. The van der Waals surface area contributed by atoms with E-state index in [2.05, 4.69) is 0 Å². The van der Waals surface area contributed by atoms with Crippen molar-refractivity contribution in [3.63, 3.8) is 0 Å². The van der Waals surface area contributed by atoms with Crippen molar-refractivity contribution in [1.29, 1.82) is 21.2 Å². The number of nitrogens with zero attached hydrogens (tertiary/aromatic N) is 3. The molecule has 5 atom stereocenters. The molecular formula is C21H17F3N4O2. The van der Waals surface area contributed by atoms with Gasteiger partial charge in [-0.25, -0.2) is 0 Å². The van der Waals surface area contributed by atoms with Gasteiger partial charge in [-0.2, -0.15) is 29.0 Å². The van der Waals surface area contributed by atoms with E-state index in [0.29, 0.717) is 12.8 Å². The summed E-state index contributed by atoms with van der Waals surface area (Å²) in [7, 11) is 0. The Morgan fingerprint density at radius 3 is 2.40 bits per heavy atom. The first-order valence-corrected chi connectivity index (χ1v) is 9.47. The van der Waals surface area contributed by atoms with Gasteiger partial charge >= 0.3 is 6.18 Å². The fraction of sp³-hybridized carbons (Fsp3) is 0.524. The Hall–Kier alpha value is -3.09. The highest BCUT2D eigenvalue weighted by molar-refractivity contribution is 5.89. The second-order valence-electron chi connectivity index (χ2n) is 8.21. The molecule has 1 aromatic carbocycles. The number of nitrogens with one attached hydrogen (secondary N) is 1. The summed E-state index contributed by atoms with van der Waals surface area (Å²) in [5, 5.41) is 38.9. The average molecular weight is 414 g/mol. The Balaban J connectivity index is 2.03. The number of ether oxygens (including phenoxy) is 2. The van der Waals surface area contributed by atoms with Crippen LogP contribution in [0.15, 0.2) is 24.3 Å². The van der Waals surface area contributed by atoms with Gasteiger partial charge < -0.3 is 9.47 Å². The Kier molecular flexibility index (Phi) is 4.18. The first kappa shape index (κ1) is 20.2. The first-order chi connectivity index (χ1) is 14.1. The third-order valence-corrected chi connectivity index (χ3v) is 6.72. The van der Waals surface area contributed by atoms with E-state index >= 15 is 0 Å². The van der Waals surface area contributed by atoms with Gasteiger partial charge in [0.2, 0.25) is 17.1 Å². The quantitative estimate of drug-likeness (QED) is 0.729. The molecule has 0 spiro atoms. The molecule has 1 aromatic rings. The standard InChI is InChI=1S/C21H17F3N4O2/c1-12-6-7-20-15(8-12)19(11-27,17(28)30-20)18(9-25,10-26)16(29-20)13-4-2-3-5-14(13)21(22,23)24/h2-5,12,15-16,28H,6-8H2,1H3. The molecule has 0 radical (unpaired) electrons. The highest BCUT2D eigenvalue weighted by Gasteiger charge is 2.81. The summed E-state index contributed by atoms with van der Waals surface area (Å²) < 4.78 is 53.0. The maximum Gasteiger partial charge on any atom is 0.416 e. The summed E-state index contributed by atoms with van der Waals surface area (Å²) >= 11 is 0. The molecule has 2 aliphatic heterocycles. The molecule has 6 nitrogen and oxygen atoms in total. The van der Waals surface area contributed by atoms with Gasteiger partial charge in [0.1, 0.15) is 6.10 Å². The lowest BCUT2D eigenvalue weighted by Gasteiger charge is -2.52. The van der Waals surface area contributed by atoms with Crippen molar-refractivity contribution < 1.29 is 22.6 Å². The van der Waals surface area contributed by atoms with Crippen LogP contribution < -0.4 is 0 Å². The molecule has 2 saturated heterocycles. The number of rotatable bonds is 1. The molecule has 1 aliphatic carbocycles. The maximum absolute atomic E-state index is 13.7. The Morgan fingerprint density at radius 2 is 1.80 bits per heavy atom. The first-order valence-electron chi connectivity index (χ1n) is 9.47. The van der Waals surface area contributed by atoms with Gasteiger partial charge in [-0.05, 0) is 30.4 Å². The third-order valence-electron chi connectivity index (χ3n) is 6.72. The summed E-state index contributed by atoms with van der Waals surface area (Å²) in [5.74, 6) is -2.79. The Labute approximate surface area is 170 Å². The number of alkyl halides is 3. The van der Waals surface area contributed by atoms with Crippen molar-refractivity contribution >= 4 is 5.90 Å². The molecule has 3 fully saturated rings. The number of halogens is 3. The smallest absolute Gasteiger partial charge is 0.416 e. The second kappa shape index (κ2) is 6.20. The third kappa shape index (κ3) is 2.23.